The number of alkyl halides is 1. The van der Waals surface area contributed by atoms with Gasteiger partial charge in [0.25, 0.3) is 5.56 Å². The van der Waals surface area contributed by atoms with Crippen LogP contribution < -0.4 is 21.3 Å². The Bertz CT molecular complexity index is 1720. The first kappa shape index (κ1) is 26.7. The molecule has 1 amide bonds. The molecule has 3 N–H and O–H groups in total. The molecule has 0 bridgehead atoms. The Balaban J connectivity index is 1.27. The van der Waals surface area contributed by atoms with Crippen molar-refractivity contribution < 1.29 is 23.8 Å². The zero-order chi connectivity index (χ0) is 28.7. The Hall–Kier alpha value is -4.54. The number of aromatic nitrogens is 2. The first-order valence-electron chi connectivity index (χ1n) is 13.4. The Morgan fingerprint density at radius 2 is 1.76 bits per heavy atom. The number of aliphatic hydroxyl groups is 1. The van der Waals surface area contributed by atoms with Gasteiger partial charge in [-0.15, -0.1) is 0 Å². The molecule has 0 spiro atoms. The monoisotopic (exact) mass is 557 g/mol. The van der Waals surface area contributed by atoms with Crippen LogP contribution in [0.3, 0.4) is 0 Å². The third-order valence-corrected chi connectivity index (χ3v) is 7.61. The van der Waals surface area contributed by atoms with Gasteiger partial charge in [0, 0.05) is 35.0 Å². The van der Waals surface area contributed by atoms with Crippen LogP contribution in [0.15, 0.2) is 88.6 Å². The van der Waals surface area contributed by atoms with Crippen molar-refractivity contribution in [2.24, 2.45) is 0 Å². The molecule has 41 heavy (non-hydrogen) atoms. The number of amides is 1. The number of hydrogen-bond acceptors (Lipinski definition) is 6. The van der Waals surface area contributed by atoms with E-state index in [0.717, 1.165) is 15.7 Å². The number of rotatable bonds is 6. The number of aryl methyl sites for hydroxylation is 1. The summed E-state index contributed by atoms with van der Waals surface area (Å²) in [7, 11) is 0. The van der Waals surface area contributed by atoms with Crippen LogP contribution in [-0.4, -0.2) is 45.5 Å². The fourth-order valence-electron chi connectivity index (χ4n) is 5.48. The number of nitrogens with one attached hydrogen (secondary N) is 2. The average molecular weight is 558 g/mol. The Kier molecular flexibility index (Phi) is 7.02. The van der Waals surface area contributed by atoms with Gasteiger partial charge in [-0.25, -0.2) is 9.18 Å². The normalized spacial score (nSPS) is 22.9. The lowest BCUT2D eigenvalue weighted by Gasteiger charge is -2.29. The summed E-state index contributed by atoms with van der Waals surface area (Å²) in [5.41, 5.74) is 1.99. The van der Waals surface area contributed by atoms with E-state index in [1.807, 2.05) is 66.7 Å². The van der Waals surface area contributed by atoms with Crippen LogP contribution in [0, 0.1) is 0 Å². The van der Waals surface area contributed by atoms with Crippen molar-refractivity contribution in [3.8, 4) is 22.6 Å². The van der Waals surface area contributed by atoms with Crippen LogP contribution in [0.2, 0.25) is 0 Å². The first-order chi connectivity index (χ1) is 19.9. The summed E-state index contributed by atoms with van der Waals surface area (Å²) in [6, 6.07) is 22.6. The number of ether oxygens (including phenoxy) is 2. The molecule has 6 rings (SSSR count). The van der Waals surface area contributed by atoms with Gasteiger partial charge in [-0.3, -0.25) is 19.1 Å². The summed E-state index contributed by atoms with van der Waals surface area (Å²) in [4.78, 5) is 40.2. The van der Waals surface area contributed by atoms with Crippen LogP contribution in [0.1, 0.15) is 35.8 Å². The van der Waals surface area contributed by atoms with Gasteiger partial charge in [-0.05, 0) is 18.1 Å². The number of carbonyl (C=O) groups is 1. The fraction of sp³-hybridized carbons (Fsp3) is 0.258. The predicted molar refractivity (Wildman–Crippen MR) is 149 cm³/mol. The summed E-state index contributed by atoms with van der Waals surface area (Å²) >= 11 is 0. The molecule has 210 valence electrons. The SMILES string of the molecule is CCc1cn([C@@H]2O[C@H](CNC(=O)[C@@H]3c4ccccc4Oc4c(-c5ccccc5)cccc43)[C@@H](O)[C@H]2F)c(=O)[nH]c1=O. The van der Waals surface area contributed by atoms with Crippen molar-refractivity contribution in [1.82, 2.24) is 14.9 Å². The molecule has 3 aromatic carbocycles. The molecule has 1 aromatic heterocycles. The zero-order valence-electron chi connectivity index (χ0n) is 22.1. The number of aromatic amines is 1. The molecule has 10 heteroatoms. The average Bonchev–Trinajstić information content (AvgIpc) is 3.27. The molecule has 0 aliphatic carbocycles. The van der Waals surface area contributed by atoms with Gasteiger partial charge >= 0.3 is 5.69 Å². The third kappa shape index (κ3) is 4.75. The minimum atomic E-state index is -1.96. The Labute approximate surface area is 234 Å². The Morgan fingerprint density at radius 1 is 1.02 bits per heavy atom. The number of halogens is 1. The second-order valence-electron chi connectivity index (χ2n) is 10.1. The number of benzene rings is 3. The van der Waals surface area contributed by atoms with Crippen LogP contribution >= 0.6 is 0 Å². The van der Waals surface area contributed by atoms with Crippen molar-refractivity contribution in [1.29, 1.82) is 0 Å². The number of H-pyrrole nitrogens is 1. The molecule has 0 unspecified atom stereocenters. The van der Waals surface area contributed by atoms with Crippen molar-refractivity contribution >= 4 is 5.91 Å². The number of hydrogen-bond donors (Lipinski definition) is 3. The molecule has 2 aliphatic heterocycles. The second kappa shape index (κ2) is 10.8. The molecule has 1 fully saturated rings. The third-order valence-electron chi connectivity index (χ3n) is 7.61. The molecule has 0 radical (unpaired) electrons. The molecule has 3 heterocycles. The van der Waals surface area contributed by atoms with Gasteiger partial charge in [0.1, 0.15) is 23.7 Å². The summed E-state index contributed by atoms with van der Waals surface area (Å²) in [5.74, 6) is 0.0101. The second-order valence-corrected chi connectivity index (χ2v) is 10.1. The maximum absolute atomic E-state index is 15.2. The van der Waals surface area contributed by atoms with Crippen molar-refractivity contribution in [3.05, 3.63) is 117 Å². The number of aliphatic hydroxyl groups excluding tert-OH is 1. The highest BCUT2D eigenvalue weighted by atomic mass is 19.1. The van der Waals surface area contributed by atoms with Crippen molar-refractivity contribution in [2.75, 3.05) is 6.54 Å². The Morgan fingerprint density at radius 3 is 2.54 bits per heavy atom. The van der Waals surface area contributed by atoms with Gasteiger partial charge in [-0.1, -0.05) is 73.7 Å². The van der Waals surface area contributed by atoms with E-state index in [0.29, 0.717) is 29.0 Å². The van der Waals surface area contributed by atoms with Gasteiger partial charge in [-0.2, -0.15) is 0 Å². The highest BCUT2D eigenvalue weighted by Crippen LogP contribution is 2.48. The molecule has 9 nitrogen and oxygen atoms in total. The lowest BCUT2D eigenvalue weighted by molar-refractivity contribution is -0.123. The summed E-state index contributed by atoms with van der Waals surface area (Å²) in [5, 5.41) is 13.4. The molecule has 1 saturated heterocycles. The van der Waals surface area contributed by atoms with E-state index < -0.39 is 41.8 Å². The highest BCUT2D eigenvalue weighted by molar-refractivity contribution is 5.91. The lowest BCUT2D eigenvalue weighted by atomic mass is 9.85. The minimum absolute atomic E-state index is 0.205. The van der Waals surface area contributed by atoms with Crippen LogP contribution in [-0.2, 0) is 16.0 Å². The summed E-state index contributed by atoms with van der Waals surface area (Å²) in [6.07, 6.45) is -4.59. The largest absolute Gasteiger partial charge is 0.456 e. The quantitative estimate of drug-likeness (QED) is 0.334. The van der Waals surface area contributed by atoms with E-state index in [-0.39, 0.29) is 18.0 Å². The number of fused-ring (bicyclic) bond motifs is 2. The topological polar surface area (TPSA) is 123 Å². The molecule has 2 aliphatic rings. The molecular formula is C31H28FN3O6. The first-order valence-corrected chi connectivity index (χ1v) is 13.4. The zero-order valence-corrected chi connectivity index (χ0v) is 22.1. The van der Waals surface area contributed by atoms with E-state index in [2.05, 4.69) is 10.3 Å². The van der Waals surface area contributed by atoms with Crippen LogP contribution in [0.5, 0.6) is 11.5 Å². The summed E-state index contributed by atoms with van der Waals surface area (Å²) in [6.45, 7) is 1.52. The maximum Gasteiger partial charge on any atom is 0.330 e. The van der Waals surface area contributed by atoms with Gasteiger partial charge in [0.15, 0.2) is 12.4 Å². The van der Waals surface area contributed by atoms with E-state index in [9.17, 15) is 19.5 Å². The van der Waals surface area contributed by atoms with Gasteiger partial charge in [0.2, 0.25) is 5.91 Å². The molecule has 4 aromatic rings. The highest BCUT2D eigenvalue weighted by Gasteiger charge is 2.46. The van der Waals surface area contributed by atoms with E-state index >= 15 is 4.39 Å². The molecular weight excluding hydrogens is 529 g/mol. The van der Waals surface area contributed by atoms with Crippen LogP contribution in [0.4, 0.5) is 4.39 Å². The fourth-order valence-corrected chi connectivity index (χ4v) is 5.48. The molecule has 0 saturated carbocycles. The van der Waals surface area contributed by atoms with Gasteiger partial charge in [0.05, 0.1) is 5.92 Å². The van der Waals surface area contributed by atoms with E-state index in [1.54, 1.807) is 13.0 Å². The molecule has 5 atom stereocenters. The van der Waals surface area contributed by atoms with Crippen molar-refractivity contribution in [3.63, 3.8) is 0 Å². The number of nitrogens with zero attached hydrogens (tertiary/aromatic N) is 1. The van der Waals surface area contributed by atoms with E-state index in [1.165, 1.54) is 6.20 Å². The van der Waals surface area contributed by atoms with Crippen molar-refractivity contribution in [2.45, 2.75) is 43.9 Å². The predicted octanol–water partition coefficient (Wildman–Crippen LogP) is 3.42. The maximum atomic E-state index is 15.2. The smallest absolute Gasteiger partial charge is 0.330 e. The summed E-state index contributed by atoms with van der Waals surface area (Å²) < 4.78 is 28.1. The van der Waals surface area contributed by atoms with Crippen LogP contribution in [0.25, 0.3) is 11.1 Å². The number of para-hydroxylation sites is 2. The lowest BCUT2D eigenvalue weighted by Crippen LogP contribution is -2.41. The number of carbonyl (C=O) groups excluding carboxylic acids is 1. The minimum Gasteiger partial charge on any atom is -0.456 e. The van der Waals surface area contributed by atoms with E-state index in [4.69, 9.17) is 9.47 Å². The standard InChI is InChI=1S/C31H28FN3O6/c1-2-17-16-35(31(39)34-28(17)37)30-25(32)26(36)23(41-30)15-33-29(38)24-20-11-6-7-14-22(20)40-27-19(12-8-13-21(24)27)18-9-4-3-5-10-18/h3-14,16,23-26,30,36H,2,15H2,1H3,(H,33,38)(H,34,37,39)/t23-,24-,25-,26-,30-/m1/s1. The van der Waals surface area contributed by atoms with Gasteiger partial charge < -0.3 is 19.9 Å².